The van der Waals surface area contributed by atoms with Crippen molar-refractivity contribution in [2.45, 2.75) is 26.4 Å². The Hall–Kier alpha value is -2.89. The van der Waals surface area contributed by atoms with Crippen molar-refractivity contribution >= 4 is 5.91 Å². The van der Waals surface area contributed by atoms with Crippen LogP contribution in [0.15, 0.2) is 53.5 Å². The molecule has 3 aromatic rings. The van der Waals surface area contributed by atoms with E-state index in [1.165, 1.54) is 6.26 Å². The van der Waals surface area contributed by atoms with Gasteiger partial charge in [0.25, 0.3) is 5.91 Å². The second kappa shape index (κ2) is 6.70. The second-order valence-electron chi connectivity index (χ2n) is 5.98. The Labute approximate surface area is 140 Å². The first-order valence-electron chi connectivity index (χ1n) is 7.84. The van der Waals surface area contributed by atoms with Gasteiger partial charge < -0.3 is 14.0 Å². The minimum Gasteiger partial charge on any atom is -0.364 e. The Balaban J connectivity index is 1.76. The molecule has 2 heterocycles. The van der Waals surface area contributed by atoms with Gasteiger partial charge in [0.2, 0.25) is 0 Å². The Morgan fingerprint density at radius 2 is 2.00 bits per heavy atom. The van der Waals surface area contributed by atoms with E-state index in [-0.39, 0.29) is 5.91 Å². The molecule has 0 aliphatic heterocycles. The van der Waals surface area contributed by atoms with Crippen molar-refractivity contribution in [2.75, 3.05) is 7.05 Å². The van der Waals surface area contributed by atoms with Crippen LogP contribution in [0.2, 0.25) is 0 Å². The van der Waals surface area contributed by atoms with Gasteiger partial charge >= 0.3 is 0 Å². The number of hydrogen-bond acceptors (Lipinski definition) is 4. The van der Waals surface area contributed by atoms with Crippen molar-refractivity contribution in [1.29, 1.82) is 0 Å². The van der Waals surface area contributed by atoms with Crippen LogP contribution in [0.25, 0.3) is 11.4 Å². The Bertz CT molecular complexity index is 804. The highest BCUT2D eigenvalue weighted by Gasteiger charge is 2.14. The van der Waals surface area contributed by atoms with Gasteiger partial charge in [-0.2, -0.15) is 0 Å². The average molecular weight is 324 g/mol. The number of carbonyl (C=O) groups excluding carboxylic acids is 1. The molecular formula is C18H20N4O2. The monoisotopic (exact) mass is 324 g/mol. The van der Waals surface area contributed by atoms with Crippen LogP contribution < -0.4 is 0 Å². The molecule has 1 aromatic carbocycles. The summed E-state index contributed by atoms with van der Waals surface area (Å²) in [5, 5.41) is 3.83. The zero-order valence-corrected chi connectivity index (χ0v) is 14.0. The van der Waals surface area contributed by atoms with Gasteiger partial charge in [0.05, 0.1) is 6.54 Å². The summed E-state index contributed by atoms with van der Waals surface area (Å²) < 4.78 is 6.90. The minimum absolute atomic E-state index is 0.0586. The number of amides is 1. The van der Waals surface area contributed by atoms with E-state index in [1.54, 1.807) is 24.2 Å². The molecule has 124 valence electrons. The molecule has 0 aliphatic carbocycles. The zero-order chi connectivity index (χ0) is 17.1. The summed E-state index contributed by atoms with van der Waals surface area (Å²) in [4.78, 5) is 18.5. The molecule has 0 saturated carbocycles. The SMILES string of the molecule is CC(C)n1ccnc1-c1ccc(C(=O)N(C)Cc2ccon2)cc1. The van der Waals surface area contributed by atoms with Crippen LogP contribution in [0.3, 0.4) is 0 Å². The molecule has 1 amide bonds. The molecule has 0 N–H and O–H groups in total. The molecular weight excluding hydrogens is 304 g/mol. The van der Waals surface area contributed by atoms with Gasteiger partial charge in [-0.05, 0) is 26.0 Å². The van der Waals surface area contributed by atoms with Crippen LogP contribution in [0, 0.1) is 0 Å². The average Bonchev–Trinajstić information content (AvgIpc) is 3.25. The summed E-state index contributed by atoms with van der Waals surface area (Å²) in [6.07, 6.45) is 5.25. The summed E-state index contributed by atoms with van der Waals surface area (Å²) in [5.74, 6) is 0.844. The summed E-state index contributed by atoms with van der Waals surface area (Å²) in [6, 6.07) is 9.60. The van der Waals surface area contributed by atoms with E-state index in [0.29, 0.717) is 18.2 Å². The molecule has 6 nitrogen and oxygen atoms in total. The molecule has 2 aromatic heterocycles. The third-order valence-corrected chi connectivity index (χ3v) is 3.85. The number of rotatable bonds is 5. The van der Waals surface area contributed by atoms with Gasteiger partial charge in [0, 0.05) is 42.7 Å². The summed E-state index contributed by atoms with van der Waals surface area (Å²) in [5.41, 5.74) is 2.35. The lowest BCUT2D eigenvalue weighted by molar-refractivity contribution is 0.0782. The third-order valence-electron chi connectivity index (χ3n) is 3.85. The largest absolute Gasteiger partial charge is 0.364 e. The van der Waals surface area contributed by atoms with Crippen LogP contribution in [-0.4, -0.2) is 32.6 Å². The van der Waals surface area contributed by atoms with Gasteiger partial charge in [-0.25, -0.2) is 4.98 Å². The zero-order valence-electron chi connectivity index (χ0n) is 14.0. The number of nitrogens with zero attached hydrogens (tertiary/aromatic N) is 4. The van der Waals surface area contributed by atoms with Crippen LogP contribution in [-0.2, 0) is 6.54 Å². The molecule has 0 fully saturated rings. The van der Waals surface area contributed by atoms with Crippen molar-refractivity contribution in [1.82, 2.24) is 19.6 Å². The highest BCUT2D eigenvalue weighted by atomic mass is 16.5. The number of hydrogen-bond donors (Lipinski definition) is 0. The van der Waals surface area contributed by atoms with Gasteiger partial charge in [-0.1, -0.05) is 17.3 Å². The Morgan fingerprint density at radius 3 is 2.62 bits per heavy atom. The van der Waals surface area contributed by atoms with Crippen LogP contribution in [0.5, 0.6) is 0 Å². The molecule has 0 radical (unpaired) electrons. The molecule has 0 unspecified atom stereocenters. The summed E-state index contributed by atoms with van der Waals surface area (Å²) in [6.45, 7) is 4.64. The van der Waals surface area contributed by atoms with E-state index in [2.05, 4.69) is 28.6 Å². The molecule has 0 saturated heterocycles. The molecule has 0 aliphatic rings. The van der Waals surface area contributed by atoms with Gasteiger partial charge in [0.15, 0.2) is 0 Å². The Kier molecular flexibility index (Phi) is 4.46. The van der Waals surface area contributed by atoms with Crippen molar-refractivity contribution in [3.63, 3.8) is 0 Å². The first-order valence-corrected chi connectivity index (χ1v) is 7.84. The maximum absolute atomic E-state index is 12.5. The quantitative estimate of drug-likeness (QED) is 0.721. The predicted octanol–water partition coefficient (Wildman–Crippen LogP) is 3.39. The summed E-state index contributed by atoms with van der Waals surface area (Å²) >= 11 is 0. The maximum atomic E-state index is 12.5. The number of benzene rings is 1. The fourth-order valence-electron chi connectivity index (χ4n) is 2.57. The van der Waals surface area contributed by atoms with Crippen LogP contribution in [0.4, 0.5) is 0 Å². The normalized spacial score (nSPS) is 11.0. The topological polar surface area (TPSA) is 64.2 Å². The molecule has 0 bridgehead atoms. The standard InChI is InChI=1S/C18H20N4O2/c1-13(2)22-10-9-19-17(22)14-4-6-15(7-5-14)18(23)21(3)12-16-8-11-24-20-16/h4-11,13H,12H2,1-3H3. The fourth-order valence-corrected chi connectivity index (χ4v) is 2.57. The van der Waals surface area contributed by atoms with Crippen molar-refractivity contribution < 1.29 is 9.32 Å². The first-order chi connectivity index (χ1) is 11.6. The second-order valence-corrected chi connectivity index (χ2v) is 5.98. The Morgan fingerprint density at radius 1 is 1.25 bits per heavy atom. The van der Waals surface area contributed by atoms with Crippen LogP contribution in [0.1, 0.15) is 35.9 Å². The molecule has 3 rings (SSSR count). The van der Waals surface area contributed by atoms with Gasteiger partial charge in [-0.3, -0.25) is 4.79 Å². The van der Waals surface area contributed by atoms with E-state index < -0.39 is 0 Å². The van der Waals surface area contributed by atoms with E-state index >= 15 is 0 Å². The van der Waals surface area contributed by atoms with E-state index in [0.717, 1.165) is 17.1 Å². The van der Waals surface area contributed by atoms with Crippen molar-refractivity contribution in [3.8, 4) is 11.4 Å². The molecule has 24 heavy (non-hydrogen) atoms. The predicted molar refractivity (Wildman–Crippen MR) is 90.3 cm³/mol. The minimum atomic E-state index is -0.0586. The number of carbonyl (C=O) groups is 1. The van der Waals surface area contributed by atoms with E-state index in [4.69, 9.17) is 4.52 Å². The fraction of sp³-hybridized carbons (Fsp3) is 0.278. The lowest BCUT2D eigenvalue weighted by Gasteiger charge is -2.16. The van der Waals surface area contributed by atoms with Crippen molar-refractivity contribution in [3.05, 3.63) is 60.2 Å². The highest BCUT2D eigenvalue weighted by Crippen LogP contribution is 2.21. The summed E-state index contributed by atoms with van der Waals surface area (Å²) in [7, 11) is 1.75. The molecule has 6 heteroatoms. The van der Waals surface area contributed by atoms with Gasteiger partial charge in [0.1, 0.15) is 17.8 Å². The smallest absolute Gasteiger partial charge is 0.253 e. The number of imidazole rings is 1. The first kappa shape index (κ1) is 16.0. The van der Waals surface area contributed by atoms with Gasteiger partial charge in [-0.15, -0.1) is 0 Å². The molecule has 0 spiro atoms. The number of aromatic nitrogens is 3. The van der Waals surface area contributed by atoms with Crippen molar-refractivity contribution in [2.24, 2.45) is 0 Å². The van der Waals surface area contributed by atoms with E-state index in [1.807, 2.05) is 30.5 Å². The highest BCUT2D eigenvalue weighted by molar-refractivity contribution is 5.94. The third kappa shape index (κ3) is 3.22. The van der Waals surface area contributed by atoms with Crippen LogP contribution >= 0.6 is 0 Å². The lowest BCUT2D eigenvalue weighted by atomic mass is 10.1. The van der Waals surface area contributed by atoms with E-state index in [9.17, 15) is 4.79 Å². The molecule has 0 atom stereocenters. The lowest BCUT2D eigenvalue weighted by Crippen LogP contribution is -2.26. The maximum Gasteiger partial charge on any atom is 0.253 e.